The van der Waals surface area contributed by atoms with E-state index in [1.807, 2.05) is 19.1 Å². The van der Waals surface area contributed by atoms with Crippen molar-refractivity contribution in [2.45, 2.75) is 33.2 Å². The summed E-state index contributed by atoms with van der Waals surface area (Å²) in [4.78, 5) is 42.3. The molecule has 11 nitrogen and oxygen atoms in total. The monoisotopic (exact) mass is 476 g/mol. The van der Waals surface area contributed by atoms with Gasteiger partial charge in [-0.25, -0.2) is 4.79 Å². The summed E-state index contributed by atoms with van der Waals surface area (Å²) in [7, 11) is 1.52. The second-order valence-electron chi connectivity index (χ2n) is 7.69. The maximum Gasteiger partial charge on any atom is 0.352 e. The number of hydrogen-bond donors (Lipinski definition) is 1. The van der Waals surface area contributed by atoms with Gasteiger partial charge in [0.1, 0.15) is 5.75 Å². The molecular weight excluding hydrogens is 452 g/mol. The molecule has 11 heteroatoms. The zero-order chi connectivity index (χ0) is 24.9. The summed E-state index contributed by atoms with van der Waals surface area (Å²) in [6, 6.07) is 14.2. The summed E-state index contributed by atoms with van der Waals surface area (Å²) < 4.78 is 12.7. The molecule has 0 saturated heterocycles. The van der Waals surface area contributed by atoms with E-state index in [0.717, 1.165) is 14.8 Å². The average Bonchev–Trinajstić information content (AvgIpc) is 3.33. The van der Waals surface area contributed by atoms with E-state index in [1.54, 1.807) is 43.3 Å². The van der Waals surface area contributed by atoms with Crippen molar-refractivity contribution in [3.8, 4) is 23.0 Å². The van der Waals surface area contributed by atoms with Gasteiger partial charge in [0.05, 0.1) is 18.5 Å². The van der Waals surface area contributed by atoms with Gasteiger partial charge in [0.2, 0.25) is 17.6 Å². The molecule has 0 atom stereocenters. The minimum absolute atomic E-state index is 0.0572. The largest absolute Gasteiger partial charge is 0.495 e. The summed E-state index contributed by atoms with van der Waals surface area (Å²) in [5.41, 5.74) is 0.752. The van der Waals surface area contributed by atoms with E-state index in [0.29, 0.717) is 17.1 Å². The van der Waals surface area contributed by atoms with E-state index in [2.05, 4.69) is 20.6 Å². The number of aromatic nitrogens is 5. The van der Waals surface area contributed by atoms with Gasteiger partial charge in [0.15, 0.2) is 5.69 Å². The van der Waals surface area contributed by atoms with Crippen LogP contribution in [0.25, 0.3) is 17.2 Å². The topological polar surface area (TPSA) is 134 Å². The molecule has 4 rings (SSSR count). The molecule has 0 aliphatic rings. The number of amides is 1. The second kappa shape index (κ2) is 10.2. The Hall–Kier alpha value is -4.54. The summed E-state index contributed by atoms with van der Waals surface area (Å²) in [5.74, 6) is 0.377. The Bertz CT molecular complexity index is 1470. The molecule has 2 aromatic heterocycles. The van der Waals surface area contributed by atoms with Crippen LogP contribution in [0.4, 0.5) is 5.69 Å². The Labute approximate surface area is 200 Å². The fourth-order valence-electron chi connectivity index (χ4n) is 3.42. The molecule has 0 fully saturated rings. The van der Waals surface area contributed by atoms with Crippen molar-refractivity contribution in [1.29, 1.82) is 0 Å². The lowest BCUT2D eigenvalue weighted by Crippen LogP contribution is -2.41. The smallest absolute Gasteiger partial charge is 0.352 e. The number of nitrogens with zero attached hydrogens (tertiary/aromatic N) is 5. The standard InChI is InChI=1S/C24H24N6O5/c1-4-29-23(32)21(27-30(24(29)33)16-11-9-15(2)10-12-16)22-26-20(35-28-22)14-13-19(31)25-17-7-5-6-8-18(17)34-3/h5-12H,4,13-14H2,1-3H3,(H,25,31). The molecule has 2 heterocycles. The van der Waals surface area contributed by atoms with Crippen LogP contribution < -0.4 is 21.3 Å². The number of nitrogens with one attached hydrogen (secondary N) is 1. The van der Waals surface area contributed by atoms with Crippen molar-refractivity contribution in [3.63, 3.8) is 0 Å². The zero-order valence-corrected chi connectivity index (χ0v) is 19.5. The minimum Gasteiger partial charge on any atom is -0.495 e. The third-order valence-electron chi connectivity index (χ3n) is 5.28. The molecule has 4 aromatic rings. The number of para-hydroxylation sites is 2. The van der Waals surface area contributed by atoms with Crippen LogP contribution in [0.5, 0.6) is 5.75 Å². The van der Waals surface area contributed by atoms with E-state index in [1.165, 1.54) is 7.11 Å². The molecule has 1 N–H and O–H groups in total. The molecule has 0 spiro atoms. The molecule has 0 aliphatic carbocycles. The third-order valence-corrected chi connectivity index (χ3v) is 5.28. The highest BCUT2D eigenvalue weighted by molar-refractivity contribution is 5.92. The summed E-state index contributed by atoms with van der Waals surface area (Å²) in [6.07, 6.45) is 0.211. The number of carbonyl (C=O) groups excluding carboxylic acids is 1. The molecule has 35 heavy (non-hydrogen) atoms. The van der Waals surface area contributed by atoms with Crippen molar-refractivity contribution in [2.24, 2.45) is 0 Å². The Kier molecular flexibility index (Phi) is 6.86. The number of anilines is 1. The number of hydrogen-bond acceptors (Lipinski definition) is 8. The second-order valence-corrected chi connectivity index (χ2v) is 7.69. The lowest BCUT2D eigenvalue weighted by Gasteiger charge is -2.09. The molecule has 1 amide bonds. The first-order valence-corrected chi connectivity index (χ1v) is 11.0. The first-order valence-electron chi connectivity index (χ1n) is 11.0. The number of rotatable bonds is 8. The van der Waals surface area contributed by atoms with Crippen LogP contribution in [0.3, 0.4) is 0 Å². The molecule has 0 bridgehead atoms. The van der Waals surface area contributed by atoms with Crippen LogP contribution in [0, 0.1) is 6.92 Å². The first-order chi connectivity index (χ1) is 16.9. The maximum atomic E-state index is 12.9. The van der Waals surface area contributed by atoms with Crippen molar-refractivity contribution in [2.75, 3.05) is 12.4 Å². The van der Waals surface area contributed by atoms with Crippen molar-refractivity contribution >= 4 is 11.6 Å². The fraction of sp³-hybridized carbons (Fsp3) is 0.250. The van der Waals surface area contributed by atoms with Gasteiger partial charge in [-0.1, -0.05) is 35.0 Å². The molecule has 180 valence electrons. The number of carbonyl (C=O) groups is 1. The predicted octanol–water partition coefficient (Wildman–Crippen LogP) is 2.35. The van der Waals surface area contributed by atoms with Crippen molar-refractivity contribution < 1.29 is 14.1 Å². The quantitative estimate of drug-likeness (QED) is 0.410. The normalized spacial score (nSPS) is 10.8. The highest BCUT2D eigenvalue weighted by Crippen LogP contribution is 2.23. The SMILES string of the molecule is CCn1c(=O)c(-c2noc(CCC(=O)Nc3ccccc3OC)n2)nn(-c2ccc(C)cc2)c1=O. The van der Waals surface area contributed by atoms with Gasteiger partial charge in [0, 0.05) is 19.4 Å². The molecular formula is C24H24N6O5. The fourth-order valence-corrected chi connectivity index (χ4v) is 3.42. The Morgan fingerprint density at radius 2 is 1.86 bits per heavy atom. The van der Waals surface area contributed by atoms with Crippen LogP contribution >= 0.6 is 0 Å². The highest BCUT2D eigenvalue weighted by Gasteiger charge is 2.20. The van der Waals surface area contributed by atoms with Crippen molar-refractivity contribution in [3.05, 3.63) is 80.8 Å². The average molecular weight is 476 g/mol. The third kappa shape index (κ3) is 5.03. The van der Waals surface area contributed by atoms with E-state index < -0.39 is 11.2 Å². The lowest BCUT2D eigenvalue weighted by atomic mass is 10.2. The van der Waals surface area contributed by atoms with Gasteiger partial charge in [-0.3, -0.25) is 14.2 Å². The molecule has 0 saturated carbocycles. The molecule has 0 radical (unpaired) electrons. The van der Waals surface area contributed by atoms with Crippen LogP contribution in [0.1, 0.15) is 24.8 Å². The number of methoxy groups -OCH3 is 1. The van der Waals surface area contributed by atoms with E-state index in [-0.39, 0.29) is 42.7 Å². The van der Waals surface area contributed by atoms with Crippen molar-refractivity contribution in [1.82, 2.24) is 24.5 Å². The number of benzene rings is 2. The Morgan fingerprint density at radius 3 is 2.57 bits per heavy atom. The molecule has 0 unspecified atom stereocenters. The predicted molar refractivity (Wildman–Crippen MR) is 128 cm³/mol. The van der Waals surface area contributed by atoms with Crippen LogP contribution in [0.2, 0.25) is 0 Å². The van der Waals surface area contributed by atoms with Gasteiger partial charge in [-0.15, -0.1) is 0 Å². The Morgan fingerprint density at radius 1 is 1.11 bits per heavy atom. The maximum absolute atomic E-state index is 12.9. The van der Waals surface area contributed by atoms with E-state index in [9.17, 15) is 14.4 Å². The van der Waals surface area contributed by atoms with Crippen LogP contribution in [-0.4, -0.2) is 37.5 Å². The van der Waals surface area contributed by atoms with Gasteiger partial charge in [-0.05, 0) is 38.1 Å². The number of ether oxygens (including phenoxy) is 1. The molecule has 2 aromatic carbocycles. The lowest BCUT2D eigenvalue weighted by molar-refractivity contribution is -0.116. The zero-order valence-electron chi connectivity index (χ0n) is 19.5. The van der Waals surface area contributed by atoms with E-state index >= 15 is 0 Å². The van der Waals surface area contributed by atoms with Gasteiger partial charge in [0.25, 0.3) is 5.56 Å². The van der Waals surface area contributed by atoms with E-state index in [4.69, 9.17) is 9.26 Å². The summed E-state index contributed by atoms with van der Waals surface area (Å²) >= 11 is 0. The van der Waals surface area contributed by atoms with Gasteiger partial charge in [-0.2, -0.15) is 14.8 Å². The number of aryl methyl sites for hydroxylation is 2. The Balaban J connectivity index is 1.56. The molecule has 0 aliphatic heterocycles. The minimum atomic E-state index is -0.623. The highest BCUT2D eigenvalue weighted by atomic mass is 16.5. The van der Waals surface area contributed by atoms with Crippen LogP contribution in [0.15, 0.2) is 62.6 Å². The van der Waals surface area contributed by atoms with Crippen LogP contribution in [-0.2, 0) is 17.8 Å². The summed E-state index contributed by atoms with van der Waals surface area (Å²) in [5, 5.41) is 10.9. The summed E-state index contributed by atoms with van der Waals surface area (Å²) in [6.45, 7) is 3.76. The van der Waals surface area contributed by atoms with Gasteiger partial charge < -0.3 is 14.6 Å². The van der Waals surface area contributed by atoms with Gasteiger partial charge >= 0.3 is 5.69 Å². The first kappa shape index (κ1) is 23.6.